The predicted octanol–water partition coefficient (Wildman–Crippen LogP) is 7.26. The van der Waals surface area contributed by atoms with Crippen LogP contribution in [0.15, 0.2) is 103 Å². The highest BCUT2D eigenvalue weighted by Crippen LogP contribution is 2.47. The quantitative estimate of drug-likeness (QED) is 0.201. The fourth-order valence-electron chi connectivity index (χ4n) is 4.51. The molecule has 0 unspecified atom stereocenters. The lowest BCUT2D eigenvalue weighted by molar-refractivity contribution is 0.106. The molecule has 3 nitrogen and oxygen atoms in total. The maximum Gasteiger partial charge on any atom is 1.10 e. The van der Waals surface area contributed by atoms with Crippen LogP contribution in [0.2, 0.25) is 0 Å². The highest BCUT2D eigenvalue weighted by atomic mass is 27.3. The molecule has 0 atom stereocenters. The van der Waals surface area contributed by atoms with Gasteiger partial charge in [-0.3, -0.25) is 0 Å². The van der Waals surface area contributed by atoms with Gasteiger partial charge < -0.3 is 11.4 Å². The first kappa shape index (κ1) is 21.8. The van der Waals surface area contributed by atoms with E-state index in [1.165, 1.54) is 0 Å². The normalized spacial score (nSPS) is 12.6. The van der Waals surface area contributed by atoms with Crippen molar-refractivity contribution in [1.82, 2.24) is 0 Å². The van der Waals surface area contributed by atoms with Crippen molar-refractivity contribution in [2.24, 2.45) is 0 Å². The molecule has 1 aliphatic heterocycles. The zero-order valence-electron chi connectivity index (χ0n) is 19.6. The first-order chi connectivity index (χ1) is 17.1. The molecule has 6 rings (SSSR count). The van der Waals surface area contributed by atoms with Crippen molar-refractivity contribution < 1.29 is 11.4 Å². The van der Waals surface area contributed by atoms with Crippen LogP contribution in [0.5, 0.6) is 11.5 Å². The van der Waals surface area contributed by atoms with E-state index in [4.69, 9.17) is 11.4 Å². The Morgan fingerprint density at radius 3 is 1.71 bits per heavy atom. The van der Waals surface area contributed by atoms with Crippen LogP contribution in [0.4, 0.5) is 0 Å². The fraction of sp³-hybridized carbons (Fsp3) is 0.0968. The van der Waals surface area contributed by atoms with Crippen LogP contribution in [0.3, 0.4) is 0 Å². The second-order valence-electron chi connectivity index (χ2n) is 9.09. The van der Waals surface area contributed by atoms with E-state index in [1.807, 2.05) is 56.3 Å². The number of rotatable bonds is 2. The highest BCUT2D eigenvalue weighted by molar-refractivity contribution is 6.40. The molecule has 35 heavy (non-hydrogen) atoms. The van der Waals surface area contributed by atoms with Gasteiger partial charge in [-0.25, -0.2) is 0 Å². The summed E-state index contributed by atoms with van der Waals surface area (Å²) in [6, 6.07) is 34.9. The van der Waals surface area contributed by atoms with E-state index in [0.29, 0.717) is 0 Å². The third-order valence-electron chi connectivity index (χ3n) is 6.15. The van der Waals surface area contributed by atoms with Crippen molar-refractivity contribution in [1.29, 1.82) is 0 Å². The van der Waals surface area contributed by atoms with Crippen LogP contribution in [0.25, 0.3) is 32.7 Å². The second kappa shape index (κ2) is 8.81. The lowest BCUT2D eigenvalue weighted by Crippen LogP contribution is -2.41. The maximum absolute atomic E-state index is 6.51. The predicted molar refractivity (Wildman–Crippen MR) is 142 cm³/mol. The van der Waals surface area contributed by atoms with Gasteiger partial charge in [0.2, 0.25) is 0 Å². The minimum Gasteiger partial charge on any atom is -0.588 e. The molecule has 0 radical (unpaired) electrons. The molecular weight excluding hydrogens is 447 g/mol. The van der Waals surface area contributed by atoms with Crippen LogP contribution in [-0.4, -0.2) is 20.8 Å². The molecule has 0 aromatic heterocycles. The molecule has 0 fully saturated rings. The summed E-state index contributed by atoms with van der Waals surface area (Å²) in [5, 5.41) is 4.57. The van der Waals surface area contributed by atoms with E-state index < -0.39 is 20.8 Å². The SMILES string of the molecule is CC(C)(C#Cc1ccccc1)[O][Al]1[O]c2ccc3ccccc3c2-c2c(ccc3ccccc23)[O]1. The Labute approximate surface area is 210 Å². The zero-order valence-corrected chi connectivity index (χ0v) is 20.8. The average molecular weight is 471 g/mol. The monoisotopic (exact) mass is 470 g/mol. The van der Waals surface area contributed by atoms with Crippen molar-refractivity contribution in [3.05, 3.63) is 109 Å². The van der Waals surface area contributed by atoms with Gasteiger partial charge in [-0.2, -0.15) is 0 Å². The molecule has 0 saturated heterocycles. The molecule has 0 aliphatic carbocycles. The molecule has 1 aliphatic rings. The molecule has 1 heterocycles. The van der Waals surface area contributed by atoms with Crippen LogP contribution < -0.4 is 7.58 Å². The Hall–Kier alpha value is -3.73. The molecule has 0 bridgehead atoms. The van der Waals surface area contributed by atoms with Gasteiger partial charge in [0.1, 0.15) is 5.60 Å². The van der Waals surface area contributed by atoms with Crippen molar-refractivity contribution in [2.45, 2.75) is 19.4 Å². The van der Waals surface area contributed by atoms with Gasteiger partial charge in [0, 0.05) is 16.7 Å². The van der Waals surface area contributed by atoms with Crippen molar-refractivity contribution in [3.63, 3.8) is 0 Å². The molecule has 5 aromatic rings. The van der Waals surface area contributed by atoms with Crippen LogP contribution in [-0.2, 0) is 3.79 Å². The number of hydrogen-bond donors (Lipinski definition) is 0. The van der Waals surface area contributed by atoms with Gasteiger partial charge in [-0.05, 0) is 59.7 Å². The van der Waals surface area contributed by atoms with Crippen LogP contribution in [0.1, 0.15) is 19.4 Å². The molecule has 0 spiro atoms. The summed E-state index contributed by atoms with van der Waals surface area (Å²) in [5.41, 5.74) is 2.29. The van der Waals surface area contributed by atoms with Gasteiger partial charge in [-0.1, -0.05) is 90.7 Å². The number of benzene rings is 5. The van der Waals surface area contributed by atoms with Crippen LogP contribution in [0, 0.1) is 11.8 Å². The third kappa shape index (κ3) is 4.27. The topological polar surface area (TPSA) is 27.7 Å². The molecule has 0 amide bonds. The molecule has 4 heteroatoms. The number of fused-ring (bicyclic) bond motifs is 7. The third-order valence-corrected chi connectivity index (χ3v) is 7.82. The standard InChI is InChI=1S/C20H14O2.C11H11O.Al/c21-17-11-9-13-5-1-3-7-15(13)19(17)20-16-8-4-2-6-14(16)10-12-18(20)22;1-11(2,12)9-8-10-6-4-3-5-7-10;/h1-12,21-22H;3-7H,1-2H3;/q;-1;+3/p-2. The summed E-state index contributed by atoms with van der Waals surface area (Å²) in [6.07, 6.45) is 0. The Kier molecular flexibility index (Phi) is 5.48. The summed E-state index contributed by atoms with van der Waals surface area (Å²) in [7, 11) is 0. The maximum atomic E-state index is 6.51. The lowest BCUT2D eigenvalue weighted by Gasteiger charge is -2.23. The Morgan fingerprint density at radius 2 is 1.14 bits per heavy atom. The Bertz CT molecular complexity index is 1530. The van der Waals surface area contributed by atoms with Crippen molar-refractivity contribution in [2.75, 3.05) is 0 Å². The molecule has 0 N–H and O–H groups in total. The molecule has 168 valence electrons. The largest absolute Gasteiger partial charge is 1.10 e. The van der Waals surface area contributed by atoms with Gasteiger partial charge in [0.15, 0.2) is 0 Å². The second-order valence-corrected chi connectivity index (χ2v) is 10.4. The highest BCUT2D eigenvalue weighted by Gasteiger charge is 2.47. The first-order valence-corrected chi connectivity index (χ1v) is 13.1. The van der Waals surface area contributed by atoms with Crippen molar-refractivity contribution in [3.8, 4) is 34.5 Å². The van der Waals surface area contributed by atoms with Gasteiger partial charge in [0.25, 0.3) is 0 Å². The van der Waals surface area contributed by atoms with Crippen molar-refractivity contribution >= 4 is 36.7 Å². The van der Waals surface area contributed by atoms with Gasteiger partial charge >= 0.3 is 15.1 Å². The van der Waals surface area contributed by atoms with E-state index in [-0.39, 0.29) is 0 Å². The Balaban J connectivity index is 1.47. The van der Waals surface area contributed by atoms with E-state index in [1.54, 1.807) is 0 Å². The first-order valence-electron chi connectivity index (χ1n) is 11.7. The zero-order chi connectivity index (χ0) is 23.8. The van der Waals surface area contributed by atoms with Gasteiger partial charge in [-0.15, -0.1) is 0 Å². The Morgan fingerprint density at radius 1 is 0.629 bits per heavy atom. The van der Waals surface area contributed by atoms with Gasteiger partial charge in [0.05, 0.1) is 11.5 Å². The smallest absolute Gasteiger partial charge is 0.588 e. The van der Waals surface area contributed by atoms with E-state index in [9.17, 15) is 0 Å². The minimum absolute atomic E-state index is 0.745. The molecule has 5 aromatic carbocycles. The van der Waals surface area contributed by atoms with Crippen LogP contribution >= 0.6 is 0 Å². The number of hydrogen-bond acceptors (Lipinski definition) is 3. The van der Waals surface area contributed by atoms with E-state index in [0.717, 1.165) is 49.7 Å². The lowest BCUT2D eigenvalue weighted by atomic mass is 9.92. The minimum atomic E-state index is -2.66. The summed E-state index contributed by atoms with van der Waals surface area (Å²) in [5.74, 6) is 8.03. The summed E-state index contributed by atoms with van der Waals surface area (Å²) in [4.78, 5) is 0. The van der Waals surface area contributed by atoms with E-state index in [2.05, 4.69) is 72.5 Å². The summed E-state index contributed by atoms with van der Waals surface area (Å²) >= 11 is -2.66. The average Bonchev–Trinajstić information content (AvgIpc) is 3.04. The van der Waals surface area contributed by atoms with E-state index >= 15 is 0 Å². The fourth-order valence-corrected chi connectivity index (χ4v) is 6.00. The summed E-state index contributed by atoms with van der Waals surface area (Å²) < 4.78 is 19.5. The molecule has 0 saturated carbocycles. The summed E-state index contributed by atoms with van der Waals surface area (Å²) in [6.45, 7) is 3.91. The molecular formula is C31H23AlO3.